The van der Waals surface area contributed by atoms with E-state index < -0.39 is 0 Å². The zero-order valence-electron chi connectivity index (χ0n) is 19.8. The van der Waals surface area contributed by atoms with Crippen LogP contribution in [0.2, 0.25) is 0 Å². The molecule has 0 aliphatic rings. The summed E-state index contributed by atoms with van der Waals surface area (Å²) in [5, 5.41) is 14.8. The predicted octanol–water partition coefficient (Wildman–Crippen LogP) is 4.87. The van der Waals surface area contributed by atoms with E-state index in [1.165, 1.54) is 17.8 Å². The number of methoxy groups -OCH3 is 1. The number of nitrogens with one attached hydrogen (secondary N) is 2. The molecule has 36 heavy (non-hydrogen) atoms. The lowest BCUT2D eigenvalue weighted by molar-refractivity contribution is -0.114. The second kappa shape index (κ2) is 11.9. The molecular weight excluding hydrogens is 474 g/mol. The van der Waals surface area contributed by atoms with Crippen molar-refractivity contribution in [1.82, 2.24) is 14.8 Å². The van der Waals surface area contributed by atoms with Gasteiger partial charge < -0.3 is 19.9 Å². The number of carbonyl (C=O) groups excluding carboxylic acids is 2. The SMILES string of the molecule is COc1ccccc1NC(=O)CSc1nnc(-c2cccc(NC(=O)/C=C/c3ccccc3)c2)n1C. The van der Waals surface area contributed by atoms with E-state index in [0.717, 1.165) is 11.1 Å². The summed E-state index contributed by atoms with van der Waals surface area (Å²) in [7, 11) is 3.40. The fourth-order valence-electron chi connectivity index (χ4n) is 3.41. The molecule has 3 aromatic carbocycles. The number of anilines is 2. The molecule has 0 fully saturated rings. The number of para-hydroxylation sites is 2. The number of hydrogen-bond donors (Lipinski definition) is 2. The Labute approximate surface area is 213 Å². The van der Waals surface area contributed by atoms with E-state index in [2.05, 4.69) is 20.8 Å². The topological polar surface area (TPSA) is 98.1 Å². The van der Waals surface area contributed by atoms with E-state index in [0.29, 0.717) is 28.1 Å². The first-order valence-electron chi connectivity index (χ1n) is 11.1. The first-order chi connectivity index (χ1) is 17.5. The molecule has 2 N–H and O–H groups in total. The van der Waals surface area contributed by atoms with Crippen molar-refractivity contribution in [1.29, 1.82) is 0 Å². The lowest BCUT2D eigenvalue weighted by atomic mass is 10.2. The fourth-order valence-corrected chi connectivity index (χ4v) is 4.12. The molecule has 8 nitrogen and oxygen atoms in total. The number of nitrogens with zero attached hydrogens (tertiary/aromatic N) is 3. The van der Waals surface area contributed by atoms with Crippen LogP contribution >= 0.6 is 11.8 Å². The second-order valence-electron chi connectivity index (χ2n) is 7.72. The highest BCUT2D eigenvalue weighted by Gasteiger charge is 2.14. The Morgan fingerprint density at radius 1 is 0.972 bits per heavy atom. The van der Waals surface area contributed by atoms with Gasteiger partial charge in [-0.25, -0.2) is 0 Å². The van der Waals surface area contributed by atoms with Crippen LogP contribution in [0.5, 0.6) is 5.75 Å². The molecule has 0 saturated heterocycles. The van der Waals surface area contributed by atoms with Crippen molar-refractivity contribution in [2.45, 2.75) is 5.16 Å². The molecule has 4 rings (SSSR count). The van der Waals surface area contributed by atoms with E-state index >= 15 is 0 Å². The van der Waals surface area contributed by atoms with Crippen LogP contribution in [0.1, 0.15) is 5.56 Å². The summed E-state index contributed by atoms with van der Waals surface area (Å²) in [6.45, 7) is 0. The van der Waals surface area contributed by atoms with Crippen LogP contribution in [0, 0.1) is 0 Å². The Morgan fingerprint density at radius 2 is 1.75 bits per heavy atom. The molecule has 0 aliphatic carbocycles. The van der Waals surface area contributed by atoms with Crippen LogP contribution in [0.25, 0.3) is 17.5 Å². The first-order valence-corrected chi connectivity index (χ1v) is 12.1. The van der Waals surface area contributed by atoms with Crippen molar-refractivity contribution in [3.63, 3.8) is 0 Å². The van der Waals surface area contributed by atoms with Crippen LogP contribution < -0.4 is 15.4 Å². The lowest BCUT2D eigenvalue weighted by Crippen LogP contribution is -2.15. The Kier molecular flexibility index (Phi) is 8.15. The normalized spacial score (nSPS) is 10.8. The van der Waals surface area contributed by atoms with Crippen molar-refractivity contribution in [3.05, 3.63) is 90.5 Å². The molecular formula is C27H25N5O3S. The predicted molar refractivity (Wildman–Crippen MR) is 143 cm³/mol. The molecule has 0 bridgehead atoms. The molecule has 0 unspecified atom stereocenters. The third-order valence-corrected chi connectivity index (χ3v) is 6.18. The molecule has 0 atom stereocenters. The molecule has 182 valence electrons. The molecule has 0 spiro atoms. The smallest absolute Gasteiger partial charge is 0.248 e. The summed E-state index contributed by atoms with van der Waals surface area (Å²) < 4.78 is 7.09. The second-order valence-corrected chi connectivity index (χ2v) is 8.66. The number of ether oxygens (including phenoxy) is 1. The monoisotopic (exact) mass is 499 g/mol. The minimum absolute atomic E-state index is 0.161. The van der Waals surface area contributed by atoms with Gasteiger partial charge in [0, 0.05) is 24.4 Å². The van der Waals surface area contributed by atoms with Gasteiger partial charge in [0.1, 0.15) is 5.75 Å². The third kappa shape index (κ3) is 6.39. The Bertz CT molecular complexity index is 1390. The number of thioether (sulfide) groups is 1. The van der Waals surface area contributed by atoms with E-state index in [1.54, 1.807) is 25.3 Å². The Balaban J connectivity index is 1.38. The van der Waals surface area contributed by atoms with Gasteiger partial charge in [0.15, 0.2) is 11.0 Å². The summed E-state index contributed by atoms with van der Waals surface area (Å²) in [4.78, 5) is 24.8. The van der Waals surface area contributed by atoms with E-state index in [4.69, 9.17) is 4.74 Å². The van der Waals surface area contributed by atoms with Gasteiger partial charge >= 0.3 is 0 Å². The number of carbonyl (C=O) groups is 2. The van der Waals surface area contributed by atoms with Crippen molar-refractivity contribution in [2.24, 2.45) is 7.05 Å². The Morgan fingerprint density at radius 3 is 2.56 bits per heavy atom. The summed E-state index contributed by atoms with van der Waals surface area (Å²) in [5.41, 5.74) is 2.99. The average molecular weight is 500 g/mol. The van der Waals surface area contributed by atoms with Crippen LogP contribution in [-0.2, 0) is 16.6 Å². The zero-order valence-corrected chi connectivity index (χ0v) is 20.7. The molecule has 1 aromatic heterocycles. The average Bonchev–Trinajstić information content (AvgIpc) is 3.27. The third-order valence-electron chi connectivity index (χ3n) is 5.16. The molecule has 0 aliphatic heterocycles. The van der Waals surface area contributed by atoms with Gasteiger partial charge in [0.05, 0.1) is 18.6 Å². The number of benzene rings is 3. The maximum absolute atomic E-state index is 12.4. The Hall–Kier alpha value is -4.37. The van der Waals surface area contributed by atoms with Gasteiger partial charge in [0.25, 0.3) is 0 Å². The maximum atomic E-state index is 12.4. The van der Waals surface area contributed by atoms with Gasteiger partial charge in [-0.15, -0.1) is 10.2 Å². The zero-order chi connectivity index (χ0) is 25.3. The summed E-state index contributed by atoms with van der Waals surface area (Å²) in [6, 6.07) is 24.2. The standard InChI is InChI=1S/C27H25N5O3S/c1-32-26(30-31-27(32)36-18-25(34)29-22-13-6-7-14-23(22)35-2)20-11-8-12-21(17-20)28-24(33)16-15-19-9-4-3-5-10-19/h3-17H,18H2,1-2H3,(H,28,33)(H,29,34)/b16-15+. The molecule has 1 heterocycles. The summed E-state index contributed by atoms with van der Waals surface area (Å²) in [6.07, 6.45) is 3.25. The molecule has 4 aromatic rings. The highest BCUT2D eigenvalue weighted by molar-refractivity contribution is 7.99. The van der Waals surface area contributed by atoms with Crippen molar-refractivity contribution < 1.29 is 14.3 Å². The summed E-state index contributed by atoms with van der Waals surface area (Å²) in [5.74, 6) is 0.972. The highest BCUT2D eigenvalue weighted by atomic mass is 32.2. The number of rotatable bonds is 9. The minimum atomic E-state index is -0.230. The first kappa shape index (κ1) is 24.7. The van der Waals surface area contributed by atoms with E-state index in [1.807, 2.05) is 78.3 Å². The van der Waals surface area contributed by atoms with E-state index in [9.17, 15) is 9.59 Å². The van der Waals surface area contributed by atoms with Gasteiger partial charge in [-0.05, 0) is 35.9 Å². The van der Waals surface area contributed by atoms with Crippen LogP contribution in [0.4, 0.5) is 11.4 Å². The number of aromatic nitrogens is 3. The van der Waals surface area contributed by atoms with Crippen molar-refractivity contribution >= 4 is 41.0 Å². The van der Waals surface area contributed by atoms with Crippen LogP contribution in [0.15, 0.2) is 90.1 Å². The highest BCUT2D eigenvalue weighted by Crippen LogP contribution is 2.26. The largest absolute Gasteiger partial charge is 0.495 e. The number of amides is 2. The van der Waals surface area contributed by atoms with Gasteiger partial charge in [-0.3, -0.25) is 9.59 Å². The van der Waals surface area contributed by atoms with Crippen LogP contribution in [0.3, 0.4) is 0 Å². The summed E-state index contributed by atoms with van der Waals surface area (Å²) >= 11 is 1.28. The quantitative estimate of drug-likeness (QED) is 0.252. The van der Waals surface area contributed by atoms with Crippen molar-refractivity contribution in [3.8, 4) is 17.1 Å². The van der Waals surface area contributed by atoms with Gasteiger partial charge in [0.2, 0.25) is 11.8 Å². The van der Waals surface area contributed by atoms with Crippen LogP contribution in [-0.4, -0.2) is 39.4 Å². The lowest BCUT2D eigenvalue weighted by Gasteiger charge is -2.09. The number of hydrogen-bond acceptors (Lipinski definition) is 6. The molecule has 9 heteroatoms. The fraction of sp³-hybridized carbons (Fsp3) is 0.111. The van der Waals surface area contributed by atoms with Gasteiger partial charge in [-0.2, -0.15) is 0 Å². The minimum Gasteiger partial charge on any atom is -0.495 e. The molecule has 0 radical (unpaired) electrons. The molecule has 0 saturated carbocycles. The van der Waals surface area contributed by atoms with E-state index in [-0.39, 0.29) is 17.6 Å². The van der Waals surface area contributed by atoms with Gasteiger partial charge in [-0.1, -0.05) is 66.4 Å². The molecule has 2 amide bonds. The maximum Gasteiger partial charge on any atom is 0.248 e. The van der Waals surface area contributed by atoms with Crippen molar-refractivity contribution in [2.75, 3.05) is 23.5 Å².